The van der Waals surface area contributed by atoms with Gasteiger partial charge in [-0.25, -0.2) is 4.99 Å². The van der Waals surface area contributed by atoms with Crippen LogP contribution in [0, 0.1) is 53.3 Å². The van der Waals surface area contributed by atoms with E-state index in [2.05, 4.69) is 145 Å². The topological polar surface area (TPSA) is 230 Å². The Labute approximate surface area is 570 Å². The average molecular weight is 1320 g/mol. The van der Waals surface area contributed by atoms with E-state index < -0.39 is 62.6 Å². The van der Waals surface area contributed by atoms with Crippen molar-refractivity contribution in [3.05, 3.63) is 229 Å². The number of aliphatic hydroxyl groups excluding tert-OH is 2. The molecule has 97 heavy (non-hydrogen) atoms. The fourth-order valence-corrected chi connectivity index (χ4v) is 21.6. The maximum absolute atomic E-state index is 14.7. The Kier molecular flexibility index (Phi) is 16.7. The molecular weight excluding hydrogens is 1230 g/mol. The number of fused-ring (bicyclic) bond motifs is 10. The number of phenols is 1. The third-order valence-electron chi connectivity index (χ3n) is 25.0. The van der Waals surface area contributed by atoms with Gasteiger partial charge in [0, 0.05) is 59.9 Å². The maximum Gasteiger partial charge on any atom is 0.268 e. The van der Waals surface area contributed by atoms with Gasteiger partial charge in [-0.15, -0.1) is 0 Å². The zero-order chi connectivity index (χ0) is 66.6. The number of hydrogen-bond donors (Lipinski definition) is 8. The van der Waals surface area contributed by atoms with Crippen molar-refractivity contribution in [2.24, 2.45) is 57.9 Å². The van der Waals surface area contributed by atoms with Crippen molar-refractivity contribution in [2.75, 3.05) is 13.7 Å². The summed E-state index contributed by atoms with van der Waals surface area (Å²) in [4.78, 5) is 5.42. The highest BCUT2D eigenvalue weighted by Crippen LogP contribution is 2.61. The molecule has 7 aromatic carbocycles. The van der Waals surface area contributed by atoms with Crippen LogP contribution in [0.1, 0.15) is 191 Å². The third-order valence-corrected chi connectivity index (χ3v) is 26.2. The van der Waals surface area contributed by atoms with Crippen molar-refractivity contribution < 1.29 is 42.9 Å². The molecule has 0 unspecified atom stereocenters. The number of aromatic hydroxyl groups is 1. The predicted octanol–water partition coefficient (Wildman–Crippen LogP) is 13.6. The van der Waals surface area contributed by atoms with E-state index in [0.29, 0.717) is 68.2 Å². The number of phenolic OH excluding ortho intramolecular Hbond substituents is 1. The molecule has 0 aromatic heterocycles. The standard InChI is InChI=1S/C83H90N4O9S/c1-47-14-15-55-40-64-27-32-66(55)71(47)43-75(97(92,93)94)72-42-59-38-58(41-65-34-49(46-88)10-6-12-53-39-63(89)26-31-69(53)80(59)95-65)76(72)51-16-23-62(24-17-51)83(96-64,87-81(84)85)73-33-25-61-22-18-57(44-82(61,91)74(73)35-48-8-4-3-5-9-48)52-20-29-68-54(36-52)21-28-67-60(45-86-2)37-56-13-7-11-50-19-30-70(79(68)90)78(67)77(50)56/h3-5,7-9,11,13,16-17,19-20,23-24,26-27,29-32,36-37,39-40,42,47,49,57-58,61,65,70-76,79-80,86,88-91H,10,14-15,18,21-22,25,28,33-35,38,41,43-46H2,1-2H3,(H4,84,85,87)(H,92,93,94)/t47-,49+,57-,58-,61-,65-,70-,71+,72-,73-,74-,75-,76+,79+,80-,82+,83+/m1/s1. The first-order chi connectivity index (χ1) is 46.9. The fourth-order valence-electron chi connectivity index (χ4n) is 20.5. The quantitative estimate of drug-likeness (QED) is 0.0222. The highest BCUT2D eigenvalue weighted by atomic mass is 32.2. The number of guanidine groups is 1. The van der Waals surface area contributed by atoms with E-state index >= 15 is 0 Å². The smallest absolute Gasteiger partial charge is 0.268 e. The van der Waals surface area contributed by atoms with Crippen molar-refractivity contribution in [3.63, 3.8) is 0 Å². The molecule has 5 aliphatic heterocycles. The van der Waals surface area contributed by atoms with Crippen LogP contribution in [-0.4, -0.2) is 70.0 Å². The number of nitrogens with one attached hydrogen (secondary N) is 1. The van der Waals surface area contributed by atoms with Gasteiger partial charge in [-0.1, -0.05) is 140 Å². The second-order valence-electron chi connectivity index (χ2n) is 30.3. The Balaban J connectivity index is 0.821. The van der Waals surface area contributed by atoms with Crippen LogP contribution in [0.3, 0.4) is 0 Å². The van der Waals surface area contributed by atoms with Gasteiger partial charge in [0.25, 0.3) is 10.1 Å². The molecule has 3 fully saturated rings. The molecule has 0 spiro atoms. The average Bonchev–Trinajstić information content (AvgIpc) is 1.64. The molecule has 0 amide bonds. The maximum atomic E-state index is 14.7. The summed E-state index contributed by atoms with van der Waals surface area (Å²) in [5, 5.41) is 53.5. The normalized spacial score (nSPS) is 32.3. The Bertz CT molecular complexity index is 4500. The lowest BCUT2D eigenvalue weighted by Crippen LogP contribution is -2.60. The molecule has 13 nitrogen and oxygen atoms in total. The van der Waals surface area contributed by atoms with Gasteiger partial charge in [0.2, 0.25) is 5.72 Å². The Morgan fingerprint density at radius 3 is 2.42 bits per heavy atom. The zero-order valence-electron chi connectivity index (χ0n) is 55.5. The van der Waals surface area contributed by atoms with Crippen LogP contribution in [0.2, 0.25) is 0 Å². The van der Waals surface area contributed by atoms with Crippen LogP contribution < -0.4 is 21.5 Å². The minimum absolute atomic E-state index is 0.00498. The van der Waals surface area contributed by atoms with Gasteiger partial charge in [-0.05, 0) is 246 Å². The van der Waals surface area contributed by atoms with Crippen molar-refractivity contribution in [3.8, 4) is 23.3 Å². The summed E-state index contributed by atoms with van der Waals surface area (Å²) in [6.45, 7) is 2.84. The highest BCUT2D eigenvalue weighted by Gasteiger charge is 2.60. The summed E-state index contributed by atoms with van der Waals surface area (Å²) in [6, 6.07) is 45.7. The van der Waals surface area contributed by atoms with Gasteiger partial charge >= 0.3 is 0 Å². The number of nitrogens with zero attached hydrogens (tertiary/aromatic N) is 1. The summed E-state index contributed by atoms with van der Waals surface area (Å²) in [5.41, 5.74) is 26.2. The number of hydrogen-bond acceptors (Lipinski definition) is 10. The molecule has 10 N–H and O–H groups in total. The third kappa shape index (κ3) is 11.4. The van der Waals surface area contributed by atoms with Crippen molar-refractivity contribution in [1.29, 1.82) is 0 Å². The molecule has 2 saturated carbocycles. The van der Waals surface area contributed by atoms with Gasteiger partial charge in [0.15, 0.2) is 5.96 Å². The number of rotatable bonds is 9. The van der Waals surface area contributed by atoms with E-state index in [1.807, 2.05) is 25.2 Å². The molecule has 10 bridgehead atoms. The molecule has 5 heterocycles. The summed E-state index contributed by atoms with van der Waals surface area (Å²) >= 11 is 0. The van der Waals surface area contributed by atoms with Crippen LogP contribution >= 0.6 is 0 Å². The minimum atomic E-state index is -4.73. The highest BCUT2D eigenvalue weighted by molar-refractivity contribution is 7.86. The number of benzene rings is 7. The molecule has 11 aliphatic rings. The molecule has 1 saturated heterocycles. The lowest BCUT2D eigenvalue weighted by molar-refractivity contribution is -0.177. The Morgan fingerprint density at radius 1 is 0.825 bits per heavy atom. The van der Waals surface area contributed by atoms with Gasteiger partial charge in [0.1, 0.15) is 17.6 Å². The summed E-state index contributed by atoms with van der Waals surface area (Å²) < 4.78 is 56.3. The summed E-state index contributed by atoms with van der Waals surface area (Å²) in [6.07, 6.45) is 14.3. The van der Waals surface area contributed by atoms with Crippen molar-refractivity contribution in [2.45, 2.75) is 168 Å². The first-order valence-corrected chi connectivity index (χ1v) is 37.2. The number of aliphatic hydroxyl groups is 3. The monoisotopic (exact) mass is 1320 g/mol. The van der Waals surface area contributed by atoms with Crippen molar-refractivity contribution >= 4 is 32.9 Å². The second-order valence-corrected chi connectivity index (χ2v) is 31.9. The molecule has 18 rings (SSSR count). The van der Waals surface area contributed by atoms with E-state index in [-0.39, 0.29) is 72.3 Å². The first kappa shape index (κ1) is 64.1. The van der Waals surface area contributed by atoms with E-state index in [1.165, 1.54) is 38.6 Å². The lowest BCUT2D eigenvalue weighted by atomic mass is 9.52. The van der Waals surface area contributed by atoms with E-state index in [0.717, 1.165) is 89.6 Å². The molecule has 0 radical (unpaired) electrons. The van der Waals surface area contributed by atoms with Gasteiger partial charge < -0.3 is 46.7 Å². The van der Waals surface area contributed by atoms with Crippen molar-refractivity contribution in [1.82, 2.24) is 5.32 Å². The van der Waals surface area contributed by atoms with Gasteiger partial charge in [-0.2, -0.15) is 8.42 Å². The zero-order valence-corrected chi connectivity index (χ0v) is 56.3. The van der Waals surface area contributed by atoms with Crippen LogP contribution in [-0.2, 0) is 52.8 Å². The Hall–Kier alpha value is -7.58. The molecule has 17 atom stereocenters. The number of aryl methyl sites for hydroxylation is 2. The first-order valence-electron chi connectivity index (χ1n) is 35.7. The lowest BCUT2D eigenvalue weighted by Gasteiger charge is -2.57. The molecular formula is C83H90N4O9S. The molecule has 7 aromatic rings. The van der Waals surface area contributed by atoms with Crippen LogP contribution in [0.25, 0.3) is 16.8 Å². The van der Waals surface area contributed by atoms with Gasteiger partial charge in [0.05, 0.1) is 23.1 Å². The molecule has 14 heteroatoms. The fraction of sp³-hybridized carbons (Fsp3) is 0.434. The largest absolute Gasteiger partial charge is 0.508 e. The summed E-state index contributed by atoms with van der Waals surface area (Å²) in [7, 11) is -2.73. The minimum Gasteiger partial charge on any atom is -0.508 e. The number of nitrogens with two attached hydrogens (primary N) is 2. The summed E-state index contributed by atoms with van der Waals surface area (Å²) in [5.74, 6) is 4.24. The van der Waals surface area contributed by atoms with Crippen LogP contribution in [0.4, 0.5) is 0 Å². The van der Waals surface area contributed by atoms with E-state index in [1.54, 1.807) is 12.1 Å². The Morgan fingerprint density at radius 2 is 1.62 bits per heavy atom. The van der Waals surface area contributed by atoms with Gasteiger partial charge in [-0.3, -0.25) is 4.55 Å². The molecule has 6 aliphatic carbocycles. The van der Waals surface area contributed by atoms with Crippen LogP contribution in [0.15, 0.2) is 156 Å². The SMILES string of the molecule is CNCc1cc2cccc3c2c2c1CCc1cc([C@@H]4CC[C@@H]5CC[C@@H]([C@@]6(N=C(N)N)Oc7ccc8c(c7)CC[C@@H](C)[C@@H]8C[C@@H](S(=O)(=O)O)[C@H]7C=C8C[C@H](C[C@H]9C[C@@H](CO)CC#Cc%10cc(O)ccc%10[C@@H]8O9)[C@@H]7c7ccc6cc7)[C@@H](Cc6ccccc6)[C@]5(O)C4)ccc1[C@H](O)[C@@H]2C=C3. The van der Waals surface area contributed by atoms with E-state index in [4.69, 9.17) is 25.9 Å². The number of ether oxygens (including phenoxy) is 2. The number of aliphatic imine (C=N–C) groups is 1. The van der Waals surface area contributed by atoms with E-state index in [9.17, 15) is 33.4 Å². The number of allylic oxidation sites excluding steroid dienone is 1. The molecule has 502 valence electrons. The van der Waals surface area contributed by atoms with Crippen LogP contribution in [0.5, 0.6) is 11.5 Å². The predicted molar refractivity (Wildman–Crippen MR) is 379 cm³/mol. The second kappa shape index (κ2) is 25.3.